The lowest BCUT2D eigenvalue weighted by Crippen LogP contribution is -2.24. The minimum atomic E-state index is -0.772. The topological polar surface area (TPSA) is 80.6 Å². The number of ether oxygens (including phenoxy) is 3. The molecular formula is C13H16N2O4. The Morgan fingerprint density at radius 3 is 2.05 bits per heavy atom. The van der Waals surface area contributed by atoms with Crippen LogP contribution in [0.2, 0.25) is 0 Å². The normalized spacial score (nSPS) is 11.1. The summed E-state index contributed by atoms with van der Waals surface area (Å²) in [6, 6.07) is 4.49. The third kappa shape index (κ3) is 3.28. The van der Waals surface area contributed by atoms with E-state index in [0.717, 1.165) is 0 Å². The van der Waals surface area contributed by atoms with Gasteiger partial charge in [0.05, 0.1) is 27.4 Å². The zero-order valence-electron chi connectivity index (χ0n) is 11.3. The van der Waals surface area contributed by atoms with Crippen molar-refractivity contribution in [3.63, 3.8) is 0 Å². The van der Waals surface area contributed by atoms with Crippen molar-refractivity contribution in [3.05, 3.63) is 17.7 Å². The van der Waals surface area contributed by atoms with Gasteiger partial charge in [0.25, 0.3) is 0 Å². The molecule has 0 saturated carbocycles. The molecule has 0 aromatic heterocycles. The summed E-state index contributed by atoms with van der Waals surface area (Å²) in [6.07, 6.45) is 0. The van der Waals surface area contributed by atoms with Crippen LogP contribution in [0.25, 0.3) is 0 Å². The van der Waals surface area contributed by atoms with Crippen molar-refractivity contribution < 1.29 is 19.0 Å². The lowest BCUT2D eigenvalue weighted by molar-refractivity contribution is -0.119. The van der Waals surface area contributed by atoms with Crippen LogP contribution in [0.4, 0.5) is 0 Å². The number of benzene rings is 1. The molecule has 0 heterocycles. The molecular weight excluding hydrogens is 248 g/mol. The van der Waals surface area contributed by atoms with E-state index in [2.05, 4.69) is 5.32 Å². The van der Waals surface area contributed by atoms with Gasteiger partial charge in [-0.25, -0.2) is 0 Å². The number of rotatable bonds is 5. The molecule has 19 heavy (non-hydrogen) atoms. The molecule has 0 aliphatic carbocycles. The Bertz CT molecular complexity index is 483. The van der Waals surface area contributed by atoms with Gasteiger partial charge in [-0.3, -0.25) is 4.79 Å². The summed E-state index contributed by atoms with van der Waals surface area (Å²) >= 11 is 0. The van der Waals surface area contributed by atoms with Gasteiger partial charge in [-0.15, -0.1) is 0 Å². The van der Waals surface area contributed by atoms with Crippen molar-refractivity contribution in [2.24, 2.45) is 0 Å². The number of carbonyl (C=O) groups is 1. The average molecular weight is 264 g/mol. The fourth-order valence-corrected chi connectivity index (χ4v) is 1.66. The predicted molar refractivity (Wildman–Crippen MR) is 68.3 cm³/mol. The van der Waals surface area contributed by atoms with Crippen LogP contribution in [0.15, 0.2) is 12.1 Å². The van der Waals surface area contributed by atoms with E-state index in [9.17, 15) is 4.79 Å². The van der Waals surface area contributed by atoms with Gasteiger partial charge in [0.15, 0.2) is 11.5 Å². The van der Waals surface area contributed by atoms with Crippen molar-refractivity contribution in [2.75, 3.05) is 21.3 Å². The summed E-state index contributed by atoms with van der Waals surface area (Å²) in [5, 5.41) is 11.6. The van der Waals surface area contributed by atoms with Gasteiger partial charge in [-0.05, 0) is 17.7 Å². The molecule has 6 nitrogen and oxygen atoms in total. The number of carbonyl (C=O) groups excluding carboxylic acids is 1. The van der Waals surface area contributed by atoms with Crippen molar-refractivity contribution in [1.82, 2.24) is 5.32 Å². The molecule has 1 aromatic carbocycles. The largest absolute Gasteiger partial charge is 0.493 e. The molecule has 1 rings (SSSR count). The summed E-state index contributed by atoms with van der Waals surface area (Å²) in [5.41, 5.74) is 0.562. The highest BCUT2D eigenvalue weighted by Crippen LogP contribution is 2.39. The summed E-state index contributed by atoms with van der Waals surface area (Å²) in [4.78, 5) is 11.1. The molecule has 0 saturated heterocycles. The molecule has 1 N–H and O–H groups in total. The fraction of sp³-hybridized carbons (Fsp3) is 0.385. The zero-order chi connectivity index (χ0) is 14.4. The molecule has 0 fully saturated rings. The third-order valence-corrected chi connectivity index (χ3v) is 2.50. The second kappa shape index (κ2) is 6.50. The monoisotopic (exact) mass is 264 g/mol. The van der Waals surface area contributed by atoms with Crippen LogP contribution in [0.3, 0.4) is 0 Å². The smallest absolute Gasteiger partial charge is 0.218 e. The first kappa shape index (κ1) is 14.6. The van der Waals surface area contributed by atoms with Crippen molar-refractivity contribution >= 4 is 5.91 Å². The average Bonchev–Trinajstić information content (AvgIpc) is 2.42. The molecule has 1 atom stereocenters. The molecule has 0 bridgehead atoms. The van der Waals surface area contributed by atoms with Crippen molar-refractivity contribution in [2.45, 2.75) is 13.0 Å². The maximum atomic E-state index is 11.1. The van der Waals surface area contributed by atoms with Crippen LogP contribution < -0.4 is 19.5 Å². The SMILES string of the molecule is COc1cc(C(C#N)NC(C)=O)cc(OC)c1OC. The van der Waals surface area contributed by atoms with E-state index in [0.29, 0.717) is 22.8 Å². The van der Waals surface area contributed by atoms with E-state index in [4.69, 9.17) is 19.5 Å². The fourth-order valence-electron chi connectivity index (χ4n) is 1.66. The van der Waals surface area contributed by atoms with Gasteiger partial charge in [0.2, 0.25) is 11.7 Å². The second-order valence-electron chi connectivity index (χ2n) is 3.72. The van der Waals surface area contributed by atoms with Crippen molar-refractivity contribution in [1.29, 1.82) is 5.26 Å². The lowest BCUT2D eigenvalue weighted by Gasteiger charge is -2.16. The predicted octanol–water partition coefficient (Wildman–Crippen LogP) is 1.41. The Kier molecular flexibility index (Phi) is 5.01. The Hall–Kier alpha value is -2.42. The van der Waals surface area contributed by atoms with Gasteiger partial charge in [-0.1, -0.05) is 0 Å². The standard InChI is InChI=1S/C13H16N2O4/c1-8(16)15-10(7-14)9-5-11(17-2)13(19-4)12(6-9)18-3/h5-6,10H,1-4H3,(H,15,16). The molecule has 0 radical (unpaired) electrons. The number of methoxy groups -OCH3 is 3. The number of nitrogens with zero attached hydrogens (tertiary/aromatic N) is 1. The second-order valence-corrected chi connectivity index (χ2v) is 3.72. The lowest BCUT2D eigenvalue weighted by atomic mass is 10.1. The Balaban J connectivity index is 3.29. The highest BCUT2D eigenvalue weighted by Gasteiger charge is 2.19. The van der Waals surface area contributed by atoms with Gasteiger partial charge in [0, 0.05) is 6.92 Å². The number of nitrogens with one attached hydrogen (secondary N) is 1. The van der Waals surface area contributed by atoms with Crippen LogP contribution >= 0.6 is 0 Å². The minimum absolute atomic E-state index is 0.291. The Morgan fingerprint density at radius 1 is 1.21 bits per heavy atom. The third-order valence-electron chi connectivity index (χ3n) is 2.50. The van der Waals surface area contributed by atoms with Crippen LogP contribution in [-0.2, 0) is 4.79 Å². The summed E-state index contributed by atoms with van der Waals surface area (Å²) in [7, 11) is 4.47. The van der Waals surface area contributed by atoms with E-state index in [1.807, 2.05) is 6.07 Å². The molecule has 0 spiro atoms. The molecule has 1 amide bonds. The van der Waals surface area contributed by atoms with Crippen LogP contribution in [-0.4, -0.2) is 27.2 Å². The van der Waals surface area contributed by atoms with Gasteiger partial charge in [-0.2, -0.15) is 5.26 Å². The summed E-state index contributed by atoms with van der Waals surface area (Å²) in [5.74, 6) is 1.01. The molecule has 0 aliphatic heterocycles. The number of nitriles is 1. The Labute approximate surface area is 111 Å². The minimum Gasteiger partial charge on any atom is -0.493 e. The number of amides is 1. The van der Waals surface area contributed by atoms with Gasteiger partial charge in [0.1, 0.15) is 6.04 Å². The molecule has 102 valence electrons. The van der Waals surface area contributed by atoms with Crippen LogP contribution in [0, 0.1) is 11.3 Å². The maximum Gasteiger partial charge on any atom is 0.218 e. The van der Waals surface area contributed by atoms with E-state index < -0.39 is 6.04 Å². The van der Waals surface area contributed by atoms with E-state index in [1.165, 1.54) is 28.3 Å². The highest BCUT2D eigenvalue weighted by atomic mass is 16.5. The van der Waals surface area contributed by atoms with Crippen LogP contribution in [0.1, 0.15) is 18.5 Å². The van der Waals surface area contributed by atoms with E-state index >= 15 is 0 Å². The maximum absolute atomic E-state index is 11.1. The first-order valence-electron chi connectivity index (χ1n) is 5.54. The summed E-state index contributed by atoms with van der Waals surface area (Å²) < 4.78 is 15.6. The van der Waals surface area contributed by atoms with Crippen molar-refractivity contribution in [3.8, 4) is 23.3 Å². The first-order chi connectivity index (χ1) is 9.07. The zero-order valence-corrected chi connectivity index (χ0v) is 11.3. The van der Waals surface area contributed by atoms with Gasteiger partial charge >= 0.3 is 0 Å². The molecule has 1 aromatic rings. The quantitative estimate of drug-likeness (QED) is 0.869. The highest BCUT2D eigenvalue weighted by molar-refractivity contribution is 5.74. The number of hydrogen-bond donors (Lipinski definition) is 1. The first-order valence-corrected chi connectivity index (χ1v) is 5.54. The van der Waals surface area contributed by atoms with Crippen LogP contribution in [0.5, 0.6) is 17.2 Å². The summed E-state index contributed by atoms with van der Waals surface area (Å²) in [6.45, 7) is 1.35. The van der Waals surface area contributed by atoms with E-state index in [-0.39, 0.29) is 5.91 Å². The number of hydrogen-bond acceptors (Lipinski definition) is 5. The van der Waals surface area contributed by atoms with E-state index in [1.54, 1.807) is 12.1 Å². The Morgan fingerprint density at radius 2 is 1.74 bits per heavy atom. The van der Waals surface area contributed by atoms with Gasteiger partial charge < -0.3 is 19.5 Å². The molecule has 1 unspecified atom stereocenters. The molecule has 0 aliphatic rings. The molecule has 6 heteroatoms.